The first kappa shape index (κ1) is 18.6. The molecule has 0 aliphatic carbocycles. The van der Waals surface area contributed by atoms with Gasteiger partial charge < -0.3 is 0 Å². The predicted octanol–water partition coefficient (Wildman–Crippen LogP) is 6.81. The van der Waals surface area contributed by atoms with E-state index in [4.69, 9.17) is 28.2 Å². The average Bonchev–Trinajstić information content (AvgIpc) is 3.16. The van der Waals surface area contributed by atoms with E-state index in [0.717, 1.165) is 16.2 Å². The van der Waals surface area contributed by atoms with Gasteiger partial charge in [-0.2, -0.15) is 0 Å². The molecule has 0 N–H and O–H groups in total. The Hall–Kier alpha value is -2.44. The molecule has 3 aromatic carbocycles. The van der Waals surface area contributed by atoms with Crippen molar-refractivity contribution in [1.82, 2.24) is 4.57 Å². The van der Waals surface area contributed by atoms with Crippen LogP contribution in [0.1, 0.15) is 0 Å². The number of aromatic nitrogens is 1. The molecule has 7 heteroatoms. The number of pyridine rings is 1. The van der Waals surface area contributed by atoms with Crippen LogP contribution in [0.4, 0.5) is 5.69 Å². The molecule has 0 saturated heterocycles. The van der Waals surface area contributed by atoms with E-state index in [9.17, 15) is 4.79 Å². The third-order valence-corrected chi connectivity index (χ3v) is 7.49. The van der Waals surface area contributed by atoms with E-state index in [1.807, 2.05) is 65.2 Å². The Bertz CT molecular complexity index is 1490. The summed E-state index contributed by atoms with van der Waals surface area (Å²) in [5.74, 6) is 0. The zero-order valence-corrected chi connectivity index (χ0v) is 17.9. The molecule has 2 heterocycles. The van der Waals surface area contributed by atoms with Gasteiger partial charge in [-0.1, -0.05) is 80.3 Å². The second-order valence-corrected chi connectivity index (χ2v) is 9.27. The van der Waals surface area contributed by atoms with Crippen molar-refractivity contribution in [3.8, 4) is 5.69 Å². The molecule has 2 aromatic heterocycles. The highest BCUT2D eigenvalue weighted by molar-refractivity contribution is 7.71. The minimum Gasteiger partial charge on any atom is -0.298 e. The van der Waals surface area contributed by atoms with E-state index in [2.05, 4.69) is 0 Å². The Morgan fingerprint density at radius 1 is 0.759 bits per heavy atom. The van der Waals surface area contributed by atoms with Crippen molar-refractivity contribution in [2.45, 2.75) is 0 Å². The summed E-state index contributed by atoms with van der Waals surface area (Å²) in [6, 6.07) is 22.8. The Morgan fingerprint density at radius 3 is 2.14 bits per heavy atom. The van der Waals surface area contributed by atoms with Crippen LogP contribution in [-0.2, 0) is 0 Å². The van der Waals surface area contributed by atoms with Gasteiger partial charge in [0.25, 0.3) is 0 Å². The van der Waals surface area contributed by atoms with Gasteiger partial charge in [0.05, 0.1) is 32.0 Å². The van der Waals surface area contributed by atoms with Gasteiger partial charge in [0.2, 0.25) is 5.43 Å². The number of hydrogen-bond acceptors (Lipinski definition) is 4. The molecule has 142 valence electrons. The molecule has 0 bridgehead atoms. The second-order valence-electron chi connectivity index (χ2n) is 6.35. The largest absolute Gasteiger partial charge is 0.298 e. The fourth-order valence-electron chi connectivity index (χ4n) is 3.32. The Balaban J connectivity index is 2.02. The van der Waals surface area contributed by atoms with Crippen LogP contribution in [0, 0.1) is 0 Å². The number of halogens is 2. The summed E-state index contributed by atoms with van der Waals surface area (Å²) in [5.41, 5.74) is 2.17. The van der Waals surface area contributed by atoms with Crippen molar-refractivity contribution in [2.24, 2.45) is 4.99 Å². The van der Waals surface area contributed by atoms with Crippen LogP contribution in [-0.4, -0.2) is 4.57 Å². The normalized spacial score (nSPS) is 12.1. The summed E-state index contributed by atoms with van der Waals surface area (Å²) >= 11 is 13.0. The van der Waals surface area contributed by atoms with Crippen LogP contribution < -0.4 is 10.1 Å². The Labute approximate surface area is 183 Å². The fraction of sp³-hybridized carbons (Fsp3) is 0. The summed E-state index contributed by atoms with van der Waals surface area (Å²) in [6.07, 6.45) is 0. The first-order valence-corrected chi connectivity index (χ1v) is 11.7. The second kappa shape index (κ2) is 7.43. The minimum absolute atomic E-state index is 0.151. The first-order chi connectivity index (χ1) is 14.1. The van der Waals surface area contributed by atoms with Crippen molar-refractivity contribution in [1.29, 1.82) is 0 Å². The molecule has 0 amide bonds. The first-order valence-electron chi connectivity index (χ1n) is 8.76. The fourth-order valence-corrected chi connectivity index (χ4v) is 6.29. The number of hydrogen-bond donors (Lipinski definition) is 0. The lowest BCUT2D eigenvalue weighted by Crippen LogP contribution is -2.14. The molecule has 0 aliphatic heterocycles. The number of fused-ring (bicyclic) bond motifs is 2. The van der Waals surface area contributed by atoms with Crippen LogP contribution in [0.25, 0.3) is 26.8 Å². The van der Waals surface area contributed by atoms with E-state index < -0.39 is 0 Å². The molecule has 0 radical (unpaired) electrons. The van der Waals surface area contributed by atoms with Crippen molar-refractivity contribution >= 4 is 70.7 Å². The summed E-state index contributed by atoms with van der Waals surface area (Å²) < 4.78 is 2.68. The molecule has 0 fully saturated rings. The minimum atomic E-state index is -0.151. The maximum Gasteiger partial charge on any atom is 0.202 e. The lowest BCUT2D eigenvalue weighted by Gasteiger charge is -2.14. The third kappa shape index (κ3) is 3.11. The van der Waals surface area contributed by atoms with Crippen molar-refractivity contribution in [3.63, 3.8) is 0 Å². The summed E-state index contributed by atoms with van der Waals surface area (Å²) in [6.45, 7) is 0. The molecule has 0 aliphatic rings. The molecule has 29 heavy (non-hydrogen) atoms. The summed E-state index contributed by atoms with van der Waals surface area (Å²) in [5, 5.41) is 1.82. The molecule has 0 saturated carbocycles. The van der Waals surface area contributed by atoms with Gasteiger partial charge in [-0.3, -0.25) is 9.36 Å². The van der Waals surface area contributed by atoms with Crippen LogP contribution in [0.5, 0.6) is 0 Å². The molecule has 0 unspecified atom stereocenters. The SMILES string of the molecule is O=c1c2c(Cl)ccc(Cl)c2n(-c2ccccc2)c2ssc(=Nc3ccccc3)c12. The number of para-hydroxylation sites is 2. The smallest absolute Gasteiger partial charge is 0.202 e. The van der Waals surface area contributed by atoms with E-state index in [1.54, 1.807) is 12.1 Å². The average molecular weight is 455 g/mol. The van der Waals surface area contributed by atoms with Crippen LogP contribution in [0.15, 0.2) is 82.6 Å². The van der Waals surface area contributed by atoms with E-state index in [0.29, 0.717) is 31.0 Å². The van der Waals surface area contributed by atoms with Crippen LogP contribution in [0.2, 0.25) is 10.0 Å². The highest BCUT2D eigenvalue weighted by Crippen LogP contribution is 2.34. The lowest BCUT2D eigenvalue weighted by molar-refractivity contribution is 1.18. The molecule has 5 aromatic rings. The van der Waals surface area contributed by atoms with Gasteiger partial charge in [0.1, 0.15) is 9.50 Å². The summed E-state index contributed by atoms with van der Waals surface area (Å²) in [7, 11) is 2.98. The zero-order chi connectivity index (χ0) is 20.0. The number of nitrogens with zero attached hydrogens (tertiary/aromatic N) is 2. The van der Waals surface area contributed by atoms with Crippen LogP contribution >= 0.6 is 43.9 Å². The van der Waals surface area contributed by atoms with E-state index in [-0.39, 0.29) is 5.43 Å². The molecule has 0 spiro atoms. The van der Waals surface area contributed by atoms with Crippen molar-refractivity contribution < 1.29 is 0 Å². The van der Waals surface area contributed by atoms with Gasteiger partial charge in [-0.05, 0) is 36.4 Å². The Morgan fingerprint density at radius 2 is 1.41 bits per heavy atom. The maximum absolute atomic E-state index is 13.5. The zero-order valence-electron chi connectivity index (χ0n) is 14.8. The standard InChI is InChI=1S/C22H12Cl2N2OS2/c23-15-11-12-16(24)19-17(15)20(27)18-21(25-13-7-3-1-4-8-13)28-29-22(18)26(19)14-9-5-2-6-10-14/h1-12H. The monoisotopic (exact) mass is 454 g/mol. The van der Waals surface area contributed by atoms with Gasteiger partial charge >= 0.3 is 0 Å². The molecule has 0 atom stereocenters. The number of benzene rings is 3. The Kier molecular flexibility index (Phi) is 4.76. The highest BCUT2D eigenvalue weighted by Gasteiger charge is 2.20. The van der Waals surface area contributed by atoms with Crippen LogP contribution in [0.3, 0.4) is 0 Å². The van der Waals surface area contributed by atoms with E-state index in [1.165, 1.54) is 20.7 Å². The quantitative estimate of drug-likeness (QED) is 0.270. The van der Waals surface area contributed by atoms with Crippen molar-refractivity contribution in [2.75, 3.05) is 0 Å². The molecule has 3 nitrogen and oxygen atoms in total. The van der Waals surface area contributed by atoms with Gasteiger partial charge in [-0.25, -0.2) is 4.99 Å². The van der Waals surface area contributed by atoms with Gasteiger partial charge in [0.15, 0.2) is 0 Å². The molecule has 5 rings (SSSR count). The van der Waals surface area contributed by atoms with Crippen molar-refractivity contribution in [3.05, 3.63) is 97.7 Å². The highest BCUT2D eigenvalue weighted by atomic mass is 35.5. The predicted molar refractivity (Wildman–Crippen MR) is 124 cm³/mol. The van der Waals surface area contributed by atoms with Gasteiger partial charge in [0, 0.05) is 5.69 Å². The maximum atomic E-state index is 13.5. The molecular formula is C22H12Cl2N2OS2. The topological polar surface area (TPSA) is 34.4 Å². The van der Waals surface area contributed by atoms with E-state index >= 15 is 0 Å². The third-order valence-electron chi connectivity index (χ3n) is 4.59. The van der Waals surface area contributed by atoms with Gasteiger partial charge in [-0.15, -0.1) is 0 Å². The summed E-state index contributed by atoms with van der Waals surface area (Å²) in [4.78, 5) is 19.0. The lowest BCUT2D eigenvalue weighted by atomic mass is 10.1. The molecular weight excluding hydrogens is 443 g/mol. The number of rotatable bonds is 2.